The second-order valence-corrected chi connectivity index (χ2v) is 23.8. The number of carbonyl (C=O) groups excluding carboxylic acids is 3. The molecule has 0 aliphatic rings. The Morgan fingerprint density at radius 1 is 0.259 bits per heavy atom. The lowest BCUT2D eigenvalue weighted by atomic mass is 10.0. The van der Waals surface area contributed by atoms with E-state index in [9.17, 15) is 14.4 Å². The van der Waals surface area contributed by atoms with Crippen molar-refractivity contribution >= 4 is 17.9 Å². The number of rotatable bonds is 65. The number of ether oxygens (including phenoxy) is 3. The predicted octanol–water partition coefficient (Wildman–Crippen LogP) is 24.4. The van der Waals surface area contributed by atoms with Gasteiger partial charge in [0, 0.05) is 19.3 Å². The molecule has 0 aliphatic heterocycles. The van der Waals surface area contributed by atoms with Gasteiger partial charge in [0.15, 0.2) is 6.10 Å². The first-order valence-electron chi connectivity index (χ1n) is 35.4. The third-order valence-corrected chi connectivity index (χ3v) is 15.7. The SMILES string of the molecule is CC/C=C\C/C=C\C/C=C\C/C=C\CCCCCCC(=O)OC(COC(=O)CCCCCCCCCCCCC)COC(=O)CCCCCCCCCCCCCCCCCCCCCCCCC/C=C\C/C=C\CCCCCCC. The zero-order valence-electron chi connectivity index (χ0n) is 54.1. The molecule has 470 valence electrons. The summed E-state index contributed by atoms with van der Waals surface area (Å²) in [5.74, 6) is -0.886. The van der Waals surface area contributed by atoms with Crippen LogP contribution in [0.25, 0.3) is 0 Å². The van der Waals surface area contributed by atoms with Crippen LogP contribution in [0.5, 0.6) is 0 Å². The Bertz CT molecular complexity index is 1490. The molecule has 6 nitrogen and oxygen atoms in total. The van der Waals surface area contributed by atoms with E-state index in [4.69, 9.17) is 14.2 Å². The van der Waals surface area contributed by atoms with Crippen LogP contribution in [0, 0.1) is 0 Å². The molecule has 6 heteroatoms. The van der Waals surface area contributed by atoms with Gasteiger partial charge in [0.2, 0.25) is 0 Å². The lowest BCUT2D eigenvalue weighted by Gasteiger charge is -2.18. The second kappa shape index (κ2) is 69.3. The van der Waals surface area contributed by atoms with Crippen molar-refractivity contribution < 1.29 is 28.6 Å². The Morgan fingerprint density at radius 2 is 0.481 bits per heavy atom. The minimum absolute atomic E-state index is 0.0806. The van der Waals surface area contributed by atoms with Crippen LogP contribution in [0.1, 0.15) is 367 Å². The number of unbranched alkanes of at least 4 members (excludes halogenated alkanes) is 42. The molecule has 0 saturated carbocycles. The molecule has 1 unspecified atom stereocenters. The molecule has 0 radical (unpaired) electrons. The summed E-state index contributed by atoms with van der Waals surface area (Å²) in [6.45, 7) is 6.53. The zero-order valence-corrected chi connectivity index (χ0v) is 54.1. The summed E-state index contributed by atoms with van der Waals surface area (Å²) in [4.78, 5) is 38.3. The zero-order chi connectivity index (χ0) is 58.5. The molecule has 0 aromatic carbocycles. The van der Waals surface area contributed by atoms with Crippen molar-refractivity contribution in [1.29, 1.82) is 0 Å². The van der Waals surface area contributed by atoms with Crippen molar-refractivity contribution in [3.05, 3.63) is 72.9 Å². The molecular weight excluding hydrogens is 997 g/mol. The van der Waals surface area contributed by atoms with E-state index in [-0.39, 0.29) is 31.1 Å². The maximum absolute atomic E-state index is 12.9. The molecule has 0 heterocycles. The third-order valence-electron chi connectivity index (χ3n) is 15.7. The van der Waals surface area contributed by atoms with Crippen LogP contribution in [-0.4, -0.2) is 37.2 Å². The van der Waals surface area contributed by atoms with E-state index in [0.29, 0.717) is 19.3 Å². The highest BCUT2D eigenvalue weighted by Crippen LogP contribution is 2.18. The highest BCUT2D eigenvalue weighted by molar-refractivity contribution is 5.71. The maximum Gasteiger partial charge on any atom is 0.306 e. The molecule has 0 rings (SSSR count). The highest BCUT2D eigenvalue weighted by atomic mass is 16.6. The molecule has 0 amide bonds. The second-order valence-electron chi connectivity index (χ2n) is 23.8. The lowest BCUT2D eigenvalue weighted by Crippen LogP contribution is -2.30. The van der Waals surface area contributed by atoms with Gasteiger partial charge < -0.3 is 14.2 Å². The first kappa shape index (κ1) is 77.9. The number of hydrogen-bond acceptors (Lipinski definition) is 6. The summed E-state index contributed by atoms with van der Waals surface area (Å²) in [5, 5.41) is 0. The van der Waals surface area contributed by atoms with Crippen LogP contribution in [0.15, 0.2) is 72.9 Å². The van der Waals surface area contributed by atoms with Crippen molar-refractivity contribution in [1.82, 2.24) is 0 Å². The van der Waals surface area contributed by atoms with E-state index in [1.54, 1.807) is 0 Å². The lowest BCUT2D eigenvalue weighted by molar-refractivity contribution is -0.167. The van der Waals surface area contributed by atoms with E-state index in [1.165, 1.54) is 225 Å². The normalized spacial score (nSPS) is 12.5. The number of carbonyl (C=O) groups is 3. The Labute approximate surface area is 503 Å². The quantitative estimate of drug-likeness (QED) is 0.0261. The average molecular weight is 1130 g/mol. The Hall–Kier alpha value is -3.15. The minimum Gasteiger partial charge on any atom is -0.462 e. The van der Waals surface area contributed by atoms with Gasteiger partial charge in [-0.3, -0.25) is 14.4 Å². The van der Waals surface area contributed by atoms with Gasteiger partial charge in [-0.05, 0) is 89.9 Å². The summed E-state index contributed by atoms with van der Waals surface area (Å²) >= 11 is 0. The molecule has 0 aromatic rings. The van der Waals surface area contributed by atoms with Crippen molar-refractivity contribution in [3.8, 4) is 0 Å². The fourth-order valence-corrected chi connectivity index (χ4v) is 10.4. The third kappa shape index (κ3) is 67.5. The van der Waals surface area contributed by atoms with Gasteiger partial charge in [0.25, 0.3) is 0 Å². The molecule has 0 saturated heterocycles. The number of hydrogen-bond donors (Lipinski definition) is 0. The molecule has 0 N–H and O–H groups in total. The van der Waals surface area contributed by atoms with Gasteiger partial charge in [-0.1, -0.05) is 331 Å². The highest BCUT2D eigenvalue weighted by Gasteiger charge is 2.19. The van der Waals surface area contributed by atoms with Crippen LogP contribution >= 0.6 is 0 Å². The Kier molecular flexibility index (Phi) is 66.6. The van der Waals surface area contributed by atoms with Crippen molar-refractivity contribution in [2.45, 2.75) is 374 Å². The number of esters is 3. The van der Waals surface area contributed by atoms with Gasteiger partial charge in [-0.2, -0.15) is 0 Å². The van der Waals surface area contributed by atoms with E-state index in [2.05, 4.69) is 93.7 Å². The molecule has 0 aliphatic carbocycles. The Balaban J connectivity index is 4.07. The first-order valence-corrected chi connectivity index (χ1v) is 35.4. The van der Waals surface area contributed by atoms with Crippen molar-refractivity contribution in [3.63, 3.8) is 0 Å². The summed E-state index contributed by atoms with van der Waals surface area (Å²) in [6, 6.07) is 0. The molecule has 81 heavy (non-hydrogen) atoms. The topological polar surface area (TPSA) is 78.9 Å². The fourth-order valence-electron chi connectivity index (χ4n) is 10.4. The van der Waals surface area contributed by atoms with Crippen molar-refractivity contribution in [2.75, 3.05) is 13.2 Å². The fraction of sp³-hybridized carbons (Fsp3) is 0.800. The standard InChI is InChI=1S/C75H134O6/c1-4-7-10-13-16-19-22-24-26-28-29-30-31-32-33-34-35-36-37-38-39-40-41-42-43-44-45-47-48-50-53-56-59-62-65-68-74(77)80-71-72(70-79-73(76)67-64-61-58-55-52-21-18-15-12-9-6-3)81-75(78)69-66-63-60-57-54-51-49-46-27-25-23-20-17-14-11-8-5-2/h8,11,17,20,22,24-25,27-29,49,51,72H,4-7,9-10,12-16,18-19,21,23,26,30-48,50,52-71H2,1-3H3/b11-8-,20-17-,24-22-,27-25-,29-28-,51-49-. The van der Waals surface area contributed by atoms with Gasteiger partial charge >= 0.3 is 17.9 Å². The first-order chi connectivity index (χ1) is 40.0. The van der Waals surface area contributed by atoms with E-state index in [0.717, 1.165) is 103 Å². The largest absolute Gasteiger partial charge is 0.462 e. The van der Waals surface area contributed by atoms with Crippen LogP contribution < -0.4 is 0 Å². The summed E-state index contributed by atoms with van der Waals surface area (Å²) in [5.41, 5.74) is 0. The summed E-state index contributed by atoms with van der Waals surface area (Å²) in [6.07, 6.45) is 91.0. The maximum atomic E-state index is 12.9. The van der Waals surface area contributed by atoms with E-state index in [1.807, 2.05) is 0 Å². The van der Waals surface area contributed by atoms with Gasteiger partial charge in [-0.15, -0.1) is 0 Å². The molecule has 0 bridgehead atoms. The summed E-state index contributed by atoms with van der Waals surface area (Å²) < 4.78 is 16.9. The molecule has 0 spiro atoms. The molecule has 0 fully saturated rings. The smallest absolute Gasteiger partial charge is 0.306 e. The van der Waals surface area contributed by atoms with E-state index >= 15 is 0 Å². The van der Waals surface area contributed by atoms with Crippen molar-refractivity contribution in [2.24, 2.45) is 0 Å². The van der Waals surface area contributed by atoms with Crippen LogP contribution in [0.3, 0.4) is 0 Å². The predicted molar refractivity (Wildman–Crippen MR) is 353 cm³/mol. The van der Waals surface area contributed by atoms with Gasteiger partial charge in [0.05, 0.1) is 0 Å². The van der Waals surface area contributed by atoms with Crippen LogP contribution in [-0.2, 0) is 28.6 Å². The van der Waals surface area contributed by atoms with Gasteiger partial charge in [0.1, 0.15) is 13.2 Å². The monoisotopic (exact) mass is 1130 g/mol. The Morgan fingerprint density at radius 3 is 0.753 bits per heavy atom. The molecular formula is C75H134O6. The van der Waals surface area contributed by atoms with Gasteiger partial charge in [-0.25, -0.2) is 0 Å². The molecule has 1 atom stereocenters. The minimum atomic E-state index is -0.785. The number of allylic oxidation sites excluding steroid dienone is 12. The molecule has 0 aromatic heterocycles. The van der Waals surface area contributed by atoms with Crippen LogP contribution in [0.2, 0.25) is 0 Å². The summed E-state index contributed by atoms with van der Waals surface area (Å²) in [7, 11) is 0. The average Bonchev–Trinajstić information content (AvgIpc) is 3.47. The van der Waals surface area contributed by atoms with E-state index < -0.39 is 6.10 Å². The van der Waals surface area contributed by atoms with Crippen LogP contribution in [0.4, 0.5) is 0 Å².